The number of ether oxygens (including phenoxy) is 1. The van der Waals surface area contributed by atoms with Gasteiger partial charge in [0.2, 0.25) is 0 Å². The van der Waals surface area contributed by atoms with Gasteiger partial charge in [0.1, 0.15) is 34.5 Å². The van der Waals surface area contributed by atoms with E-state index in [1.165, 1.54) is 6.33 Å². The Bertz CT molecular complexity index is 753. The van der Waals surface area contributed by atoms with Crippen LogP contribution in [0.15, 0.2) is 24.5 Å². The van der Waals surface area contributed by atoms with Crippen molar-refractivity contribution < 1.29 is 4.74 Å². The summed E-state index contributed by atoms with van der Waals surface area (Å²) in [6.07, 6.45) is 2.29. The molecule has 7 heteroatoms. The van der Waals surface area contributed by atoms with Gasteiger partial charge in [0.25, 0.3) is 0 Å². The predicted octanol–water partition coefficient (Wildman–Crippen LogP) is 4.00. The van der Waals surface area contributed by atoms with Crippen molar-refractivity contribution in [1.29, 1.82) is 0 Å². The molecule has 1 atom stereocenters. The van der Waals surface area contributed by atoms with Crippen LogP contribution in [-0.2, 0) is 6.42 Å². The Kier molecular flexibility index (Phi) is 4.63. The fraction of sp³-hybridized carbons (Fsp3) is 0.312. The summed E-state index contributed by atoms with van der Waals surface area (Å²) < 4.78 is 5.57. The molecule has 0 radical (unpaired) electrons. The Labute approximate surface area is 145 Å². The number of rotatable bonds is 4. The maximum atomic E-state index is 6.34. The number of nitrogens with zero attached hydrogens (tertiary/aromatic N) is 2. The van der Waals surface area contributed by atoms with Crippen molar-refractivity contribution in [3.05, 3.63) is 40.8 Å². The average Bonchev–Trinajstić information content (AvgIpc) is 2.56. The number of anilines is 2. The minimum absolute atomic E-state index is 0.0229. The monoisotopic (exact) mass is 348 g/mol. The molecule has 0 saturated carbocycles. The highest BCUT2D eigenvalue weighted by Gasteiger charge is 2.17. The van der Waals surface area contributed by atoms with E-state index in [0.717, 1.165) is 29.1 Å². The molecular weight excluding hydrogens is 332 g/mol. The summed E-state index contributed by atoms with van der Waals surface area (Å²) in [5.74, 6) is 1.45. The first-order chi connectivity index (χ1) is 11.1. The summed E-state index contributed by atoms with van der Waals surface area (Å²) in [6, 6.07) is 6.00. The molecule has 120 valence electrons. The summed E-state index contributed by atoms with van der Waals surface area (Å²) in [7, 11) is 0. The number of benzene rings is 1. The molecule has 1 aliphatic rings. The van der Waals surface area contributed by atoms with Gasteiger partial charge in [-0.25, -0.2) is 9.97 Å². The second-order valence-electron chi connectivity index (χ2n) is 5.29. The van der Waals surface area contributed by atoms with Gasteiger partial charge in [-0.1, -0.05) is 36.8 Å². The third-order valence-corrected chi connectivity index (χ3v) is 4.30. The van der Waals surface area contributed by atoms with Gasteiger partial charge in [-0.2, -0.15) is 0 Å². The van der Waals surface area contributed by atoms with E-state index in [-0.39, 0.29) is 6.04 Å². The van der Waals surface area contributed by atoms with E-state index < -0.39 is 0 Å². The molecular formula is C16H17ClN4OS. The van der Waals surface area contributed by atoms with Crippen LogP contribution in [0.2, 0.25) is 5.02 Å². The number of thiocarbonyl (C=S) groups is 1. The number of aromatic nitrogens is 2. The van der Waals surface area contributed by atoms with E-state index in [1.807, 2.05) is 32.0 Å². The summed E-state index contributed by atoms with van der Waals surface area (Å²) >= 11 is 11.5. The zero-order chi connectivity index (χ0) is 16.4. The topological polar surface area (TPSA) is 59.1 Å². The number of fused-ring (bicyclic) bond motifs is 1. The molecule has 3 rings (SSSR count). The molecule has 0 aliphatic carbocycles. The second-order valence-corrected chi connectivity index (χ2v) is 6.17. The molecule has 2 aromatic rings. The molecule has 0 bridgehead atoms. The minimum atomic E-state index is 0.0229. The molecule has 5 nitrogen and oxygen atoms in total. The number of aryl methyl sites for hydroxylation is 1. The lowest BCUT2D eigenvalue weighted by atomic mass is 10.1. The SMILES string of the molecule is CCc1ncnc(NC(C)c2ccc3c(c2)NC(=S)CO3)c1Cl. The first-order valence-electron chi connectivity index (χ1n) is 7.41. The van der Waals surface area contributed by atoms with E-state index in [2.05, 4.69) is 20.6 Å². The third kappa shape index (κ3) is 3.38. The van der Waals surface area contributed by atoms with Gasteiger partial charge in [-0.05, 0) is 31.0 Å². The van der Waals surface area contributed by atoms with Gasteiger partial charge in [0, 0.05) is 0 Å². The van der Waals surface area contributed by atoms with Crippen molar-refractivity contribution in [2.75, 3.05) is 17.2 Å². The van der Waals surface area contributed by atoms with Gasteiger partial charge >= 0.3 is 0 Å². The highest BCUT2D eigenvalue weighted by Crippen LogP contribution is 2.32. The van der Waals surface area contributed by atoms with Crippen LogP contribution >= 0.6 is 23.8 Å². The number of halogens is 1. The lowest BCUT2D eigenvalue weighted by Crippen LogP contribution is -2.24. The molecule has 1 unspecified atom stereocenters. The Morgan fingerprint density at radius 2 is 2.26 bits per heavy atom. The molecule has 2 N–H and O–H groups in total. The van der Waals surface area contributed by atoms with Crippen molar-refractivity contribution in [1.82, 2.24) is 9.97 Å². The largest absolute Gasteiger partial charge is 0.484 e. The van der Waals surface area contributed by atoms with E-state index >= 15 is 0 Å². The number of hydrogen-bond acceptors (Lipinski definition) is 5. The lowest BCUT2D eigenvalue weighted by Gasteiger charge is -2.22. The molecule has 1 aliphatic heterocycles. The molecule has 0 saturated heterocycles. The molecule has 2 heterocycles. The fourth-order valence-corrected chi connectivity index (χ4v) is 2.87. The Hall–Kier alpha value is -1.92. The third-order valence-electron chi connectivity index (χ3n) is 3.69. The minimum Gasteiger partial charge on any atom is -0.484 e. The van der Waals surface area contributed by atoms with Crippen LogP contribution in [-0.4, -0.2) is 21.6 Å². The lowest BCUT2D eigenvalue weighted by molar-refractivity contribution is 0.375. The van der Waals surface area contributed by atoms with Crippen LogP contribution in [0.1, 0.15) is 31.1 Å². The van der Waals surface area contributed by atoms with Crippen molar-refractivity contribution in [3.8, 4) is 5.75 Å². The quantitative estimate of drug-likeness (QED) is 0.814. The molecule has 0 amide bonds. The summed E-state index contributed by atoms with van der Waals surface area (Å²) in [5, 5.41) is 7.08. The summed E-state index contributed by atoms with van der Waals surface area (Å²) in [6.45, 7) is 4.49. The van der Waals surface area contributed by atoms with Crippen LogP contribution in [0.5, 0.6) is 5.75 Å². The second kappa shape index (κ2) is 6.68. The van der Waals surface area contributed by atoms with Gasteiger partial charge in [-0.15, -0.1) is 0 Å². The highest BCUT2D eigenvalue weighted by molar-refractivity contribution is 7.80. The fourth-order valence-electron chi connectivity index (χ4n) is 2.41. The van der Waals surface area contributed by atoms with Crippen LogP contribution < -0.4 is 15.4 Å². The van der Waals surface area contributed by atoms with Gasteiger partial charge in [-0.3, -0.25) is 0 Å². The van der Waals surface area contributed by atoms with Crippen LogP contribution in [0.3, 0.4) is 0 Å². The van der Waals surface area contributed by atoms with Crippen LogP contribution in [0, 0.1) is 0 Å². The standard InChI is InChI=1S/C16H17ClN4OS/c1-3-11-15(17)16(19-8-18-11)20-9(2)10-4-5-13-12(6-10)21-14(23)7-22-13/h4-6,8-9H,3,7H2,1-2H3,(H,21,23)(H,18,19,20). The Morgan fingerprint density at radius 1 is 1.43 bits per heavy atom. The van der Waals surface area contributed by atoms with E-state index in [1.54, 1.807) is 0 Å². The van der Waals surface area contributed by atoms with E-state index in [4.69, 9.17) is 28.6 Å². The smallest absolute Gasteiger partial charge is 0.148 e. The first kappa shape index (κ1) is 16.0. The number of hydrogen-bond donors (Lipinski definition) is 2. The average molecular weight is 349 g/mol. The van der Waals surface area contributed by atoms with Gasteiger partial charge < -0.3 is 15.4 Å². The highest BCUT2D eigenvalue weighted by atomic mass is 35.5. The first-order valence-corrected chi connectivity index (χ1v) is 8.19. The zero-order valence-electron chi connectivity index (χ0n) is 12.9. The summed E-state index contributed by atoms with van der Waals surface area (Å²) in [4.78, 5) is 9.10. The van der Waals surface area contributed by atoms with E-state index in [0.29, 0.717) is 22.4 Å². The molecule has 0 fully saturated rings. The van der Waals surface area contributed by atoms with Crippen LogP contribution in [0.4, 0.5) is 11.5 Å². The summed E-state index contributed by atoms with van der Waals surface area (Å²) in [5.41, 5.74) is 2.80. The van der Waals surface area contributed by atoms with Gasteiger partial charge in [0.15, 0.2) is 0 Å². The maximum absolute atomic E-state index is 6.34. The molecule has 1 aromatic carbocycles. The molecule has 23 heavy (non-hydrogen) atoms. The normalized spacial score (nSPS) is 14.5. The van der Waals surface area contributed by atoms with Crippen LogP contribution in [0.25, 0.3) is 0 Å². The van der Waals surface area contributed by atoms with Crippen molar-refractivity contribution in [2.45, 2.75) is 26.3 Å². The zero-order valence-corrected chi connectivity index (χ0v) is 14.5. The van der Waals surface area contributed by atoms with Gasteiger partial charge in [0.05, 0.1) is 17.4 Å². The molecule has 0 spiro atoms. The number of nitrogens with one attached hydrogen (secondary N) is 2. The van der Waals surface area contributed by atoms with E-state index in [9.17, 15) is 0 Å². The van der Waals surface area contributed by atoms with Crippen molar-refractivity contribution in [2.24, 2.45) is 0 Å². The predicted molar refractivity (Wildman–Crippen MR) is 96.6 cm³/mol. The Morgan fingerprint density at radius 3 is 3.04 bits per heavy atom. The Balaban J connectivity index is 1.82. The maximum Gasteiger partial charge on any atom is 0.148 e. The molecule has 1 aromatic heterocycles. The van der Waals surface area contributed by atoms with Crippen molar-refractivity contribution in [3.63, 3.8) is 0 Å². The van der Waals surface area contributed by atoms with Crippen molar-refractivity contribution >= 4 is 40.3 Å².